The molecular formula is C10H18N2O. The molecule has 0 radical (unpaired) electrons. The summed E-state index contributed by atoms with van der Waals surface area (Å²) in [7, 11) is 3.45. The second-order valence-corrected chi connectivity index (χ2v) is 3.71. The number of azo groups is 1. The average Bonchev–Trinajstić information content (AvgIpc) is 2.10. The van der Waals surface area contributed by atoms with Gasteiger partial charge in [0.15, 0.2) is 0 Å². The van der Waals surface area contributed by atoms with Crippen molar-refractivity contribution >= 4 is 0 Å². The Kier molecular flexibility index (Phi) is 3.60. The molecule has 0 saturated carbocycles. The zero-order valence-corrected chi connectivity index (χ0v) is 8.82. The Bertz CT molecular complexity index is 223. The Labute approximate surface area is 79.9 Å². The lowest BCUT2D eigenvalue weighted by Gasteiger charge is -2.28. The molecule has 0 bridgehead atoms. The van der Waals surface area contributed by atoms with Crippen LogP contribution in [0.25, 0.3) is 0 Å². The first-order valence-corrected chi connectivity index (χ1v) is 4.73. The summed E-state index contributed by atoms with van der Waals surface area (Å²) < 4.78 is 5.35. The number of rotatable bonds is 2. The number of hydrogen-bond donors (Lipinski definition) is 0. The highest BCUT2D eigenvalue weighted by atomic mass is 16.5. The zero-order chi connectivity index (χ0) is 9.84. The molecule has 0 N–H and O–H groups in total. The molecule has 1 aliphatic rings. The Balaban J connectivity index is 2.80. The van der Waals surface area contributed by atoms with Crippen LogP contribution < -0.4 is 0 Å². The third-order valence-corrected chi connectivity index (χ3v) is 2.61. The minimum absolute atomic E-state index is 0.205. The van der Waals surface area contributed by atoms with Gasteiger partial charge in [-0.1, -0.05) is 13.8 Å². The largest absolute Gasteiger partial charge is 0.377 e. The molecule has 0 aromatic rings. The van der Waals surface area contributed by atoms with Crippen LogP contribution in [-0.4, -0.2) is 20.3 Å². The predicted molar refractivity (Wildman–Crippen MR) is 52.6 cm³/mol. The molecule has 0 aromatic carbocycles. The van der Waals surface area contributed by atoms with E-state index < -0.39 is 0 Å². The van der Waals surface area contributed by atoms with Crippen LogP contribution in [0.4, 0.5) is 0 Å². The van der Waals surface area contributed by atoms with E-state index in [9.17, 15) is 0 Å². The van der Waals surface area contributed by atoms with Gasteiger partial charge in [-0.05, 0) is 18.4 Å². The molecule has 3 heteroatoms. The van der Waals surface area contributed by atoms with E-state index in [2.05, 4.69) is 30.2 Å². The van der Waals surface area contributed by atoms with Crippen LogP contribution in [0.1, 0.15) is 20.3 Å². The van der Waals surface area contributed by atoms with E-state index in [-0.39, 0.29) is 6.10 Å². The van der Waals surface area contributed by atoms with Gasteiger partial charge in [-0.25, -0.2) is 0 Å². The fourth-order valence-electron chi connectivity index (χ4n) is 1.86. The normalized spacial score (nSPS) is 35.1. The molecule has 0 fully saturated rings. The van der Waals surface area contributed by atoms with Gasteiger partial charge in [-0.3, -0.25) is 0 Å². The fraction of sp³-hybridized carbons (Fsp3) is 0.800. The maximum absolute atomic E-state index is 5.35. The molecule has 3 nitrogen and oxygen atoms in total. The molecule has 74 valence electrons. The van der Waals surface area contributed by atoms with Gasteiger partial charge < -0.3 is 4.74 Å². The Morgan fingerprint density at radius 3 is 2.69 bits per heavy atom. The fourth-order valence-corrected chi connectivity index (χ4v) is 1.86. The number of ether oxygens (including phenoxy) is 1. The standard InChI is InChI=1S/C10H18N2O/c1-7-5-8(2)10(13-4)6-9(7)12-11-3/h6-8,10H,5H2,1-4H3. The summed E-state index contributed by atoms with van der Waals surface area (Å²) >= 11 is 0. The van der Waals surface area contributed by atoms with E-state index >= 15 is 0 Å². The lowest BCUT2D eigenvalue weighted by Crippen LogP contribution is -2.25. The molecule has 0 amide bonds. The Morgan fingerprint density at radius 1 is 1.46 bits per heavy atom. The van der Waals surface area contributed by atoms with Gasteiger partial charge in [0.2, 0.25) is 0 Å². The van der Waals surface area contributed by atoms with Crippen molar-refractivity contribution in [2.75, 3.05) is 14.2 Å². The number of allylic oxidation sites excluding steroid dienone is 1. The first kappa shape index (κ1) is 10.4. The van der Waals surface area contributed by atoms with Crippen LogP contribution in [0.3, 0.4) is 0 Å². The van der Waals surface area contributed by atoms with Crippen LogP contribution in [-0.2, 0) is 4.74 Å². The number of methoxy groups -OCH3 is 1. The second-order valence-electron chi connectivity index (χ2n) is 3.71. The van der Waals surface area contributed by atoms with Gasteiger partial charge in [-0.2, -0.15) is 10.2 Å². The molecular weight excluding hydrogens is 164 g/mol. The molecule has 0 aromatic heterocycles. The highest BCUT2D eigenvalue weighted by Gasteiger charge is 2.25. The molecule has 13 heavy (non-hydrogen) atoms. The minimum Gasteiger partial charge on any atom is -0.377 e. The predicted octanol–water partition coefficient (Wildman–Crippen LogP) is 2.64. The maximum Gasteiger partial charge on any atom is 0.0798 e. The van der Waals surface area contributed by atoms with Crippen molar-refractivity contribution in [1.82, 2.24) is 0 Å². The van der Waals surface area contributed by atoms with E-state index in [1.165, 1.54) is 0 Å². The van der Waals surface area contributed by atoms with E-state index in [0.717, 1.165) is 12.1 Å². The minimum atomic E-state index is 0.205. The van der Waals surface area contributed by atoms with Crippen molar-refractivity contribution in [1.29, 1.82) is 0 Å². The van der Waals surface area contributed by atoms with Crippen LogP contribution in [0, 0.1) is 11.8 Å². The van der Waals surface area contributed by atoms with Crippen LogP contribution in [0.5, 0.6) is 0 Å². The third-order valence-electron chi connectivity index (χ3n) is 2.61. The summed E-state index contributed by atoms with van der Waals surface area (Å²) in [6.07, 6.45) is 3.42. The molecule has 0 aliphatic heterocycles. The first-order chi connectivity index (χ1) is 6.19. The highest BCUT2D eigenvalue weighted by molar-refractivity contribution is 5.11. The Morgan fingerprint density at radius 2 is 2.15 bits per heavy atom. The number of hydrogen-bond acceptors (Lipinski definition) is 3. The Hall–Kier alpha value is -0.700. The van der Waals surface area contributed by atoms with Gasteiger partial charge in [0.25, 0.3) is 0 Å². The van der Waals surface area contributed by atoms with Crippen LogP contribution in [0.2, 0.25) is 0 Å². The summed E-state index contributed by atoms with van der Waals surface area (Å²) in [5, 5.41) is 7.91. The molecule has 1 rings (SSSR count). The van der Waals surface area contributed by atoms with Gasteiger partial charge in [0.05, 0.1) is 11.8 Å². The van der Waals surface area contributed by atoms with Crippen molar-refractivity contribution in [3.8, 4) is 0 Å². The summed E-state index contributed by atoms with van der Waals surface area (Å²) in [5.74, 6) is 1.08. The highest BCUT2D eigenvalue weighted by Crippen LogP contribution is 2.30. The van der Waals surface area contributed by atoms with Gasteiger partial charge in [0, 0.05) is 20.1 Å². The monoisotopic (exact) mass is 182 g/mol. The average molecular weight is 182 g/mol. The third kappa shape index (κ3) is 2.37. The molecule has 0 heterocycles. The van der Waals surface area contributed by atoms with Crippen molar-refractivity contribution in [2.24, 2.45) is 22.1 Å². The van der Waals surface area contributed by atoms with Gasteiger partial charge >= 0.3 is 0 Å². The van der Waals surface area contributed by atoms with Gasteiger partial charge in [0.1, 0.15) is 0 Å². The SMILES string of the molecule is CN=NC1=CC(OC)C(C)CC1C. The molecule has 0 spiro atoms. The van der Waals surface area contributed by atoms with Crippen molar-refractivity contribution in [3.63, 3.8) is 0 Å². The van der Waals surface area contributed by atoms with Crippen molar-refractivity contribution < 1.29 is 4.74 Å². The maximum atomic E-state index is 5.35. The topological polar surface area (TPSA) is 34.0 Å². The van der Waals surface area contributed by atoms with Crippen molar-refractivity contribution in [3.05, 3.63) is 11.8 Å². The van der Waals surface area contributed by atoms with E-state index in [1.807, 2.05) is 0 Å². The molecule has 1 aliphatic carbocycles. The molecule has 3 unspecified atom stereocenters. The van der Waals surface area contributed by atoms with Gasteiger partial charge in [-0.15, -0.1) is 0 Å². The van der Waals surface area contributed by atoms with Crippen molar-refractivity contribution in [2.45, 2.75) is 26.4 Å². The van der Waals surface area contributed by atoms with E-state index in [4.69, 9.17) is 4.74 Å². The first-order valence-electron chi connectivity index (χ1n) is 4.73. The van der Waals surface area contributed by atoms with E-state index in [1.54, 1.807) is 14.2 Å². The summed E-state index contributed by atoms with van der Waals surface area (Å²) in [5.41, 5.74) is 1.06. The smallest absolute Gasteiger partial charge is 0.0798 e. The van der Waals surface area contributed by atoms with E-state index in [0.29, 0.717) is 11.8 Å². The second kappa shape index (κ2) is 4.51. The van der Waals surface area contributed by atoms with Crippen LogP contribution >= 0.6 is 0 Å². The summed E-state index contributed by atoms with van der Waals surface area (Å²) in [4.78, 5) is 0. The number of nitrogens with zero attached hydrogens (tertiary/aromatic N) is 2. The zero-order valence-electron chi connectivity index (χ0n) is 8.82. The summed E-state index contributed by atoms with van der Waals surface area (Å²) in [6.45, 7) is 4.39. The van der Waals surface area contributed by atoms with Crippen LogP contribution in [0.15, 0.2) is 22.0 Å². The summed E-state index contributed by atoms with van der Waals surface area (Å²) in [6, 6.07) is 0. The molecule has 3 atom stereocenters. The lowest BCUT2D eigenvalue weighted by molar-refractivity contribution is 0.0796. The lowest BCUT2D eigenvalue weighted by atomic mass is 9.85. The molecule has 0 saturated heterocycles. The quantitative estimate of drug-likeness (QED) is 0.604.